The summed E-state index contributed by atoms with van der Waals surface area (Å²) >= 11 is 0. The maximum absolute atomic E-state index is 13.0. The summed E-state index contributed by atoms with van der Waals surface area (Å²) in [5.41, 5.74) is 0.747. The number of rotatable bonds is 4. The average Bonchev–Trinajstić information content (AvgIpc) is 3.02. The topological polar surface area (TPSA) is 107 Å². The van der Waals surface area contributed by atoms with E-state index in [2.05, 4.69) is 10.3 Å². The third-order valence-electron chi connectivity index (χ3n) is 4.50. The van der Waals surface area contributed by atoms with Gasteiger partial charge in [0.25, 0.3) is 5.91 Å². The average molecular weight is 391 g/mol. The van der Waals surface area contributed by atoms with Gasteiger partial charge < -0.3 is 19.7 Å². The summed E-state index contributed by atoms with van der Waals surface area (Å²) in [5.74, 6) is -0.144. The van der Waals surface area contributed by atoms with Crippen molar-refractivity contribution in [2.24, 2.45) is 0 Å². The highest BCUT2D eigenvalue weighted by Gasteiger charge is 2.24. The molecular formula is C21H17N3O5. The van der Waals surface area contributed by atoms with Gasteiger partial charge in [-0.1, -0.05) is 18.2 Å². The highest BCUT2D eigenvalue weighted by Crippen LogP contribution is 2.24. The Kier molecular flexibility index (Phi) is 4.52. The standard InChI is InChI=1S/C21H17N3O5/c1-12-18(21(26)23-13-6-4-3-5-7-13)24(27)20(22-12)16-11-29-17-9-8-14(28-2)10-15(17)19(16)25/h3-11,27H,1-2H3,(H,23,26). The van der Waals surface area contributed by atoms with Gasteiger partial charge in [-0.2, -0.15) is 4.73 Å². The molecule has 0 bridgehead atoms. The fraction of sp³-hybridized carbons (Fsp3) is 0.0952. The van der Waals surface area contributed by atoms with Gasteiger partial charge in [0, 0.05) is 5.69 Å². The summed E-state index contributed by atoms with van der Waals surface area (Å²) in [4.78, 5) is 29.8. The number of hydrogen-bond donors (Lipinski definition) is 2. The van der Waals surface area contributed by atoms with E-state index in [0.29, 0.717) is 21.8 Å². The molecule has 146 valence electrons. The number of nitrogens with one attached hydrogen (secondary N) is 1. The number of amides is 1. The largest absolute Gasteiger partial charge is 0.497 e. The number of benzene rings is 2. The van der Waals surface area contributed by atoms with E-state index in [0.717, 1.165) is 0 Å². The minimum absolute atomic E-state index is 0.0233. The molecule has 8 nitrogen and oxygen atoms in total. The minimum atomic E-state index is -0.554. The predicted molar refractivity (Wildman–Crippen MR) is 107 cm³/mol. The number of ether oxygens (including phenoxy) is 1. The van der Waals surface area contributed by atoms with Crippen LogP contribution in [0.2, 0.25) is 0 Å². The van der Waals surface area contributed by atoms with E-state index in [1.807, 2.05) is 6.07 Å². The lowest BCUT2D eigenvalue weighted by molar-refractivity contribution is 0.0974. The molecule has 0 aliphatic rings. The molecule has 1 amide bonds. The van der Waals surface area contributed by atoms with E-state index in [4.69, 9.17) is 9.15 Å². The van der Waals surface area contributed by atoms with Gasteiger partial charge in [-0.3, -0.25) is 9.59 Å². The molecule has 4 rings (SSSR count). The number of carbonyl (C=O) groups is 1. The Hall–Kier alpha value is -4.07. The van der Waals surface area contributed by atoms with Crippen LogP contribution < -0.4 is 15.5 Å². The van der Waals surface area contributed by atoms with Gasteiger partial charge in [0.15, 0.2) is 11.5 Å². The lowest BCUT2D eigenvalue weighted by Crippen LogP contribution is -2.18. The number of imidazole rings is 1. The van der Waals surface area contributed by atoms with E-state index in [1.165, 1.54) is 13.4 Å². The lowest BCUT2D eigenvalue weighted by atomic mass is 10.1. The molecule has 2 heterocycles. The zero-order valence-corrected chi connectivity index (χ0v) is 15.7. The maximum Gasteiger partial charge on any atom is 0.277 e. The van der Waals surface area contributed by atoms with Gasteiger partial charge in [-0.25, -0.2) is 4.98 Å². The van der Waals surface area contributed by atoms with Crippen LogP contribution in [-0.4, -0.2) is 27.9 Å². The Morgan fingerprint density at radius 3 is 2.69 bits per heavy atom. The van der Waals surface area contributed by atoms with E-state index < -0.39 is 11.3 Å². The highest BCUT2D eigenvalue weighted by atomic mass is 16.5. The Morgan fingerprint density at radius 1 is 1.21 bits per heavy atom. The second-order valence-electron chi connectivity index (χ2n) is 6.34. The van der Waals surface area contributed by atoms with Crippen LogP contribution in [0.5, 0.6) is 5.75 Å². The second kappa shape index (κ2) is 7.16. The number of aromatic nitrogens is 2. The molecule has 0 saturated heterocycles. The summed E-state index contributed by atoms with van der Waals surface area (Å²) in [6.07, 6.45) is 1.21. The van der Waals surface area contributed by atoms with Crippen LogP contribution >= 0.6 is 0 Å². The molecule has 0 saturated carbocycles. The first-order chi connectivity index (χ1) is 14.0. The van der Waals surface area contributed by atoms with Gasteiger partial charge >= 0.3 is 0 Å². The smallest absolute Gasteiger partial charge is 0.277 e. The molecule has 0 unspecified atom stereocenters. The molecule has 2 aromatic carbocycles. The molecule has 2 N–H and O–H groups in total. The molecule has 0 aliphatic heterocycles. The zero-order valence-electron chi connectivity index (χ0n) is 15.7. The van der Waals surface area contributed by atoms with Crippen LogP contribution in [-0.2, 0) is 0 Å². The molecule has 0 radical (unpaired) electrons. The molecular weight excluding hydrogens is 374 g/mol. The number of fused-ring (bicyclic) bond motifs is 1. The highest BCUT2D eigenvalue weighted by molar-refractivity contribution is 6.04. The van der Waals surface area contributed by atoms with Crippen molar-refractivity contribution < 1.29 is 19.2 Å². The van der Waals surface area contributed by atoms with Crippen LogP contribution in [0.25, 0.3) is 22.4 Å². The summed E-state index contributed by atoms with van der Waals surface area (Å²) < 4.78 is 11.3. The van der Waals surface area contributed by atoms with Crippen molar-refractivity contribution in [1.29, 1.82) is 0 Å². The molecule has 0 fully saturated rings. The van der Waals surface area contributed by atoms with Crippen molar-refractivity contribution in [1.82, 2.24) is 9.71 Å². The summed E-state index contributed by atoms with van der Waals surface area (Å²) in [5, 5.41) is 13.6. The van der Waals surface area contributed by atoms with Crippen molar-refractivity contribution in [3.8, 4) is 17.1 Å². The molecule has 2 aromatic heterocycles. The third-order valence-corrected chi connectivity index (χ3v) is 4.50. The first-order valence-electron chi connectivity index (χ1n) is 8.74. The van der Waals surface area contributed by atoms with Gasteiger partial charge in [-0.05, 0) is 37.3 Å². The third kappa shape index (κ3) is 3.20. The Balaban J connectivity index is 1.79. The maximum atomic E-state index is 13.0. The number of methoxy groups -OCH3 is 1. The number of nitrogens with zero attached hydrogens (tertiary/aromatic N) is 2. The minimum Gasteiger partial charge on any atom is -0.497 e. The van der Waals surface area contributed by atoms with Gasteiger partial charge in [0.2, 0.25) is 5.43 Å². The Morgan fingerprint density at radius 2 is 1.97 bits per heavy atom. The number of carbonyl (C=O) groups excluding carboxylic acids is 1. The van der Waals surface area contributed by atoms with Crippen molar-refractivity contribution in [2.75, 3.05) is 12.4 Å². The first kappa shape index (κ1) is 18.3. The normalized spacial score (nSPS) is 10.8. The van der Waals surface area contributed by atoms with Crippen molar-refractivity contribution in [3.05, 3.63) is 76.4 Å². The van der Waals surface area contributed by atoms with E-state index in [9.17, 15) is 14.8 Å². The predicted octanol–water partition coefficient (Wildman–Crippen LogP) is 3.46. The van der Waals surface area contributed by atoms with Gasteiger partial charge in [0.05, 0.1) is 18.2 Å². The van der Waals surface area contributed by atoms with Gasteiger partial charge in [0.1, 0.15) is 23.2 Å². The second-order valence-corrected chi connectivity index (χ2v) is 6.34. The summed E-state index contributed by atoms with van der Waals surface area (Å²) in [6, 6.07) is 13.7. The van der Waals surface area contributed by atoms with Crippen molar-refractivity contribution >= 4 is 22.6 Å². The van der Waals surface area contributed by atoms with Crippen LogP contribution in [0.15, 0.2) is 64.0 Å². The molecule has 8 heteroatoms. The van der Waals surface area contributed by atoms with E-state index in [1.54, 1.807) is 49.4 Å². The van der Waals surface area contributed by atoms with Crippen LogP contribution in [0, 0.1) is 6.92 Å². The Labute approximate surface area is 165 Å². The van der Waals surface area contributed by atoms with Crippen molar-refractivity contribution in [2.45, 2.75) is 6.92 Å². The summed E-state index contributed by atoms with van der Waals surface area (Å²) in [6.45, 7) is 1.57. The molecule has 0 aliphatic carbocycles. The fourth-order valence-corrected chi connectivity index (χ4v) is 3.06. The zero-order chi connectivity index (χ0) is 20.5. The molecule has 29 heavy (non-hydrogen) atoms. The SMILES string of the molecule is COc1ccc2occ(-c3nc(C)c(C(=O)Nc4ccccc4)n3O)c(=O)c2c1. The van der Waals surface area contributed by atoms with Gasteiger partial charge in [-0.15, -0.1) is 0 Å². The van der Waals surface area contributed by atoms with E-state index in [-0.39, 0.29) is 28.2 Å². The number of para-hydroxylation sites is 1. The van der Waals surface area contributed by atoms with Crippen molar-refractivity contribution in [3.63, 3.8) is 0 Å². The first-order valence-corrected chi connectivity index (χ1v) is 8.74. The number of aryl methyl sites for hydroxylation is 1. The number of hydrogen-bond acceptors (Lipinski definition) is 6. The lowest BCUT2D eigenvalue weighted by Gasteiger charge is -2.07. The van der Waals surface area contributed by atoms with Crippen LogP contribution in [0.1, 0.15) is 16.2 Å². The number of anilines is 1. The molecule has 0 atom stereocenters. The fourth-order valence-electron chi connectivity index (χ4n) is 3.06. The molecule has 4 aromatic rings. The van der Waals surface area contributed by atoms with E-state index >= 15 is 0 Å². The monoisotopic (exact) mass is 391 g/mol. The quantitative estimate of drug-likeness (QED) is 0.516. The molecule has 0 spiro atoms. The summed E-state index contributed by atoms with van der Waals surface area (Å²) in [7, 11) is 1.49. The Bertz CT molecular complexity index is 1270. The van der Waals surface area contributed by atoms with Crippen LogP contribution in [0.4, 0.5) is 5.69 Å². The van der Waals surface area contributed by atoms with Crippen LogP contribution in [0.3, 0.4) is 0 Å².